The van der Waals surface area contributed by atoms with Crippen molar-refractivity contribution in [3.63, 3.8) is 0 Å². The highest BCUT2D eigenvalue weighted by Crippen LogP contribution is 2.29. The summed E-state index contributed by atoms with van der Waals surface area (Å²) < 4.78 is 6.43. The molecule has 2 aromatic rings. The number of nitrogens with zero attached hydrogens (tertiary/aromatic N) is 2. The van der Waals surface area contributed by atoms with Crippen molar-refractivity contribution in [2.75, 3.05) is 31.6 Å². The van der Waals surface area contributed by atoms with Gasteiger partial charge < -0.3 is 10.1 Å². The van der Waals surface area contributed by atoms with Crippen LogP contribution in [0, 0.1) is 5.92 Å². The van der Waals surface area contributed by atoms with E-state index < -0.39 is 0 Å². The van der Waals surface area contributed by atoms with Crippen LogP contribution in [-0.2, 0) is 9.53 Å². The number of ether oxygens (including phenoxy) is 1. The molecular weight excluding hydrogens is 358 g/mol. The Morgan fingerprint density at radius 2 is 2.20 bits per heavy atom. The van der Waals surface area contributed by atoms with Gasteiger partial charge in [-0.1, -0.05) is 22.9 Å². The number of aromatic nitrogens is 1. The highest BCUT2D eigenvalue weighted by atomic mass is 35.5. The molecule has 0 unspecified atom stereocenters. The first-order valence-electron chi connectivity index (χ1n) is 8.88. The molecule has 2 aliphatic rings. The van der Waals surface area contributed by atoms with Gasteiger partial charge in [-0.2, -0.15) is 0 Å². The van der Waals surface area contributed by atoms with E-state index in [0.717, 1.165) is 62.2 Å². The molecule has 1 atom stereocenters. The lowest BCUT2D eigenvalue weighted by Gasteiger charge is -2.30. The molecule has 3 heterocycles. The molecule has 0 spiro atoms. The van der Waals surface area contributed by atoms with Crippen molar-refractivity contribution in [3.8, 4) is 0 Å². The van der Waals surface area contributed by atoms with Crippen molar-refractivity contribution >= 4 is 44.2 Å². The fraction of sp³-hybridized carbons (Fsp3) is 0.556. The summed E-state index contributed by atoms with van der Waals surface area (Å²) in [6.07, 6.45) is 4.20. The normalized spacial score (nSPS) is 22.5. The third-order valence-corrected chi connectivity index (χ3v) is 6.25. The minimum absolute atomic E-state index is 0.0431. The number of likely N-dealkylation sites (tertiary alicyclic amines) is 1. The number of carbonyl (C=O) groups is 1. The SMILES string of the molecule is O=C(Nc1nc2ccc(Cl)cc2s1)[C@@H]1CCCN1CC1CCOCC1. The monoisotopic (exact) mass is 379 g/mol. The number of hydrogen-bond donors (Lipinski definition) is 1. The van der Waals surface area contributed by atoms with Crippen molar-refractivity contribution in [1.82, 2.24) is 9.88 Å². The third kappa shape index (κ3) is 3.97. The van der Waals surface area contributed by atoms with Crippen LogP contribution in [-0.4, -0.2) is 48.1 Å². The van der Waals surface area contributed by atoms with Crippen LogP contribution in [0.4, 0.5) is 5.13 Å². The van der Waals surface area contributed by atoms with Gasteiger partial charge in [0, 0.05) is 24.8 Å². The summed E-state index contributed by atoms with van der Waals surface area (Å²) in [4.78, 5) is 19.6. The number of thiazole rings is 1. The fourth-order valence-electron chi connectivity index (χ4n) is 3.74. The number of halogens is 1. The molecule has 1 N–H and O–H groups in total. The van der Waals surface area contributed by atoms with Gasteiger partial charge in [-0.05, 0) is 56.3 Å². The summed E-state index contributed by atoms with van der Waals surface area (Å²) >= 11 is 7.50. The van der Waals surface area contributed by atoms with Gasteiger partial charge in [0.05, 0.1) is 16.3 Å². The summed E-state index contributed by atoms with van der Waals surface area (Å²) in [7, 11) is 0. The molecule has 0 radical (unpaired) electrons. The maximum Gasteiger partial charge on any atom is 0.243 e. The number of carbonyl (C=O) groups excluding carboxylic acids is 1. The molecule has 0 bridgehead atoms. The smallest absolute Gasteiger partial charge is 0.243 e. The van der Waals surface area contributed by atoms with Crippen molar-refractivity contribution in [3.05, 3.63) is 23.2 Å². The lowest BCUT2D eigenvalue weighted by molar-refractivity contribution is -0.120. The van der Waals surface area contributed by atoms with Gasteiger partial charge in [-0.3, -0.25) is 9.69 Å². The van der Waals surface area contributed by atoms with Crippen LogP contribution in [0.3, 0.4) is 0 Å². The second kappa shape index (κ2) is 7.58. The van der Waals surface area contributed by atoms with Crippen LogP contribution in [0.2, 0.25) is 5.02 Å². The van der Waals surface area contributed by atoms with Crippen molar-refractivity contribution < 1.29 is 9.53 Å². The molecule has 4 rings (SSSR count). The molecule has 25 heavy (non-hydrogen) atoms. The van der Waals surface area contributed by atoms with Gasteiger partial charge in [-0.25, -0.2) is 4.98 Å². The minimum atomic E-state index is -0.0431. The number of rotatable bonds is 4. The van der Waals surface area contributed by atoms with E-state index in [1.165, 1.54) is 11.3 Å². The Morgan fingerprint density at radius 1 is 1.36 bits per heavy atom. The second-order valence-corrected chi connectivity index (χ2v) is 8.30. The summed E-state index contributed by atoms with van der Waals surface area (Å²) in [6, 6.07) is 5.55. The molecule has 1 aromatic carbocycles. The minimum Gasteiger partial charge on any atom is -0.381 e. The van der Waals surface area contributed by atoms with Crippen molar-refractivity contribution in [1.29, 1.82) is 0 Å². The number of anilines is 1. The maximum absolute atomic E-state index is 12.8. The van der Waals surface area contributed by atoms with E-state index in [0.29, 0.717) is 16.1 Å². The lowest BCUT2D eigenvalue weighted by Crippen LogP contribution is -2.42. The van der Waals surface area contributed by atoms with Crippen molar-refractivity contribution in [2.24, 2.45) is 5.92 Å². The van der Waals surface area contributed by atoms with E-state index >= 15 is 0 Å². The summed E-state index contributed by atoms with van der Waals surface area (Å²) in [6.45, 7) is 3.70. The Bertz CT molecular complexity index is 760. The zero-order chi connectivity index (χ0) is 17.2. The topological polar surface area (TPSA) is 54.5 Å². The highest BCUT2D eigenvalue weighted by molar-refractivity contribution is 7.22. The molecule has 1 amide bonds. The van der Waals surface area contributed by atoms with Gasteiger partial charge in [0.1, 0.15) is 0 Å². The number of amides is 1. The molecule has 0 saturated carbocycles. The zero-order valence-corrected chi connectivity index (χ0v) is 15.6. The Morgan fingerprint density at radius 3 is 3.04 bits per heavy atom. The number of hydrogen-bond acceptors (Lipinski definition) is 5. The van der Waals surface area contributed by atoms with Crippen LogP contribution in [0.15, 0.2) is 18.2 Å². The van der Waals surface area contributed by atoms with E-state index in [4.69, 9.17) is 16.3 Å². The summed E-state index contributed by atoms with van der Waals surface area (Å²) in [5.41, 5.74) is 0.871. The van der Waals surface area contributed by atoms with Crippen LogP contribution in [0.25, 0.3) is 10.2 Å². The molecule has 7 heteroatoms. The Kier molecular flexibility index (Phi) is 5.22. The number of nitrogens with one attached hydrogen (secondary N) is 1. The van der Waals surface area contributed by atoms with Crippen LogP contribution >= 0.6 is 22.9 Å². The predicted octanol–water partition coefficient (Wildman–Crippen LogP) is 3.78. The maximum atomic E-state index is 12.8. The van der Waals surface area contributed by atoms with Crippen LogP contribution in [0.1, 0.15) is 25.7 Å². The molecule has 2 fully saturated rings. The Balaban J connectivity index is 1.41. The van der Waals surface area contributed by atoms with E-state index in [-0.39, 0.29) is 11.9 Å². The van der Waals surface area contributed by atoms with Crippen LogP contribution in [0.5, 0.6) is 0 Å². The summed E-state index contributed by atoms with van der Waals surface area (Å²) in [5, 5.41) is 4.36. The molecule has 2 saturated heterocycles. The highest BCUT2D eigenvalue weighted by Gasteiger charge is 2.32. The first-order chi connectivity index (χ1) is 12.2. The quantitative estimate of drug-likeness (QED) is 0.878. The Labute approximate surface area is 156 Å². The number of fused-ring (bicyclic) bond motifs is 1. The molecule has 0 aliphatic carbocycles. The molecule has 5 nitrogen and oxygen atoms in total. The van der Waals surface area contributed by atoms with Gasteiger partial charge in [0.2, 0.25) is 5.91 Å². The van der Waals surface area contributed by atoms with E-state index in [2.05, 4.69) is 15.2 Å². The largest absolute Gasteiger partial charge is 0.381 e. The molecule has 1 aromatic heterocycles. The first-order valence-corrected chi connectivity index (χ1v) is 10.1. The lowest BCUT2D eigenvalue weighted by atomic mass is 9.99. The van der Waals surface area contributed by atoms with Gasteiger partial charge in [0.25, 0.3) is 0 Å². The van der Waals surface area contributed by atoms with E-state index in [1.54, 1.807) is 0 Å². The third-order valence-electron chi connectivity index (χ3n) is 5.08. The van der Waals surface area contributed by atoms with E-state index in [9.17, 15) is 4.79 Å². The number of benzene rings is 1. The second-order valence-electron chi connectivity index (χ2n) is 6.83. The van der Waals surface area contributed by atoms with Crippen LogP contribution < -0.4 is 5.32 Å². The van der Waals surface area contributed by atoms with Gasteiger partial charge in [0.15, 0.2) is 5.13 Å². The van der Waals surface area contributed by atoms with Gasteiger partial charge in [-0.15, -0.1) is 0 Å². The summed E-state index contributed by atoms with van der Waals surface area (Å²) in [5.74, 6) is 0.710. The van der Waals surface area contributed by atoms with Crippen molar-refractivity contribution in [2.45, 2.75) is 31.7 Å². The predicted molar refractivity (Wildman–Crippen MR) is 101 cm³/mol. The standard InChI is InChI=1S/C18H22ClN3O2S/c19-13-3-4-14-16(10-13)25-18(20-14)21-17(23)15-2-1-7-22(15)11-12-5-8-24-9-6-12/h3-4,10,12,15H,1-2,5-9,11H2,(H,20,21,23)/t15-/m0/s1. The van der Waals surface area contributed by atoms with Gasteiger partial charge >= 0.3 is 0 Å². The molecular formula is C18H22ClN3O2S. The molecule has 134 valence electrons. The zero-order valence-electron chi connectivity index (χ0n) is 14.0. The average molecular weight is 380 g/mol. The fourth-order valence-corrected chi connectivity index (χ4v) is 4.89. The average Bonchev–Trinajstić information content (AvgIpc) is 3.21. The first kappa shape index (κ1) is 17.2. The Hall–Kier alpha value is -1.21. The van der Waals surface area contributed by atoms with E-state index in [1.807, 2.05) is 18.2 Å². The molecule has 2 aliphatic heterocycles.